The van der Waals surface area contributed by atoms with Crippen LogP contribution in [-0.2, 0) is 4.65 Å². The fourth-order valence-electron chi connectivity index (χ4n) is 2.55. The van der Waals surface area contributed by atoms with Gasteiger partial charge in [-0.05, 0) is 77.5 Å². The van der Waals surface area contributed by atoms with Gasteiger partial charge in [-0.3, -0.25) is 0 Å². The molecule has 0 unspecified atom stereocenters. The van der Waals surface area contributed by atoms with Gasteiger partial charge in [0.25, 0.3) is 0 Å². The molecule has 5 nitrogen and oxygen atoms in total. The van der Waals surface area contributed by atoms with Crippen molar-refractivity contribution in [3.05, 3.63) is 11.7 Å². The Balaban J connectivity index is 1.93. The minimum absolute atomic E-state index is 0.354. The van der Waals surface area contributed by atoms with Crippen LogP contribution in [-0.4, -0.2) is 42.1 Å². The molecule has 0 aliphatic heterocycles. The summed E-state index contributed by atoms with van der Waals surface area (Å²) in [4.78, 5) is 0. The zero-order chi connectivity index (χ0) is 17.3. The summed E-state index contributed by atoms with van der Waals surface area (Å²) in [5.74, 6) is 1.02. The first-order valence-electron chi connectivity index (χ1n) is 8.74. The molecule has 0 radical (unpaired) electrons. The van der Waals surface area contributed by atoms with Gasteiger partial charge in [-0.25, -0.2) is 0 Å². The van der Waals surface area contributed by atoms with E-state index in [1.54, 1.807) is 13.8 Å². The molecule has 0 heterocycles. The first kappa shape index (κ1) is 18.5. The third-order valence-corrected chi connectivity index (χ3v) is 5.46. The van der Waals surface area contributed by atoms with Gasteiger partial charge in [-0.1, -0.05) is 0 Å². The van der Waals surface area contributed by atoms with Crippen molar-refractivity contribution in [1.29, 1.82) is 5.41 Å². The number of hydrogen-bond donors (Lipinski definition) is 4. The van der Waals surface area contributed by atoms with E-state index in [9.17, 15) is 5.11 Å². The summed E-state index contributed by atoms with van der Waals surface area (Å²) in [6.45, 7) is 8.03. The molecule has 0 saturated heterocycles. The lowest BCUT2D eigenvalue weighted by molar-refractivity contribution is -0.0896. The van der Waals surface area contributed by atoms with E-state index in [2.05, 4.69) is 5.32 Å². The second kappa shape index (κ2) is 6.95. The van der Waals surface area contributed by atoms with E-state index in [0.29, 0.717) is 31.1 Å². The van der Waals surface area contributed by atoms with Gasteiger partial charge < -0.3 is 26.2 Å². The molecule has 2 saturated carbocycles. The number of allylic oxidation sites excluding steroid dienone is 1. The van der Waals surface area contributed by atoms with Crippen LogP contribution < -0.4 is 11.1 Å². The first-order chi connectivity index (χ1) is 10.6. The molecule has 0 aromatic carbocycles. The molecular formula is C17H32BN3O2. The zero-order valence-corrected chi connectivity index (χ0v) is 15.0. The molecule has 6 heteroatoms. The lowest BCUT2D eigenvalue weighted by atomic mass is 9.78. The van der Waals surface area contributed by atoms with Crippen LogP contribution in [0.4, 0.5) is 0 Å². The average molecular weight is 321 g/mol. The molecule has 2 rings (SSSR count). The topological polar surface area (TPSA) is 91.4 Å². The molecule has 0 amide bonds. The van der Waals surface area contributed by atoms with Crippen LogP contribution in [0.25, 0.3) is 0 Å². The highest BCUT2D eigenvalue weighted by Crippen LogP contribution is 2.33. The van der Waals surface area contributed by atoms with Crippen molar-refractivity contribution >= 4 is 13.2 Å². The summed E-state index contributed by atoms with van der Waals surface area (Å²) in [5, 5.41) is 22.0. The fourth-order valence-corrected chi connectivity index (χ4v) is 2.55. The molecular weight excluding hydrogens is 289 g/mol. The highest BCUT2D eigenvalue weighted by atomic mass is 16.5. The number of nitrogens with two attached hydrogens (primary N) is 1. The van der Waals surface area contributed by atoms with E-state index in [0.717, 1.165) is 37.7 Å². The van der Waals surface area contributed by atoms with Gasteiger partial charge in [-0.2, -0.15) is 0 Å². The summed E-state index contributed by atoms with van der Waals surface area (Å²) in [7, 11) is 0.354. The van der Waals surface area contributed by atoms with Gasteiger partial charge in [0.15, 0.2) is 0 Å². The van der Waals surface area contributed by atoms with E-state index in [1.807, 2.05) is 20.0 Å². The quantitative estimate of drug-likeness (QED) is 0.383. The maximum Gasteiger partial charge on any atom is 0.312 e. The Morgan fingerprint density at radius 1 is 1.35 bits per heavy atom. The average Bonchev–Trinajstić information content (AvgIpc) is 3.22. The highest BCUT2D eigenvalue weighted by molar-refractivity contribution is 6.49. The summed E-state index contributed by atoms with van der Waals surface area (Å²) in [6, 6.07) is 0.466. The highest BCUT2D eigenvalue weighted by Gasteiger charge is 2.37. The molecule has 23 heavy (non-hydrogen) atoms. The molecule has 2 aliphatic rings. The monoisotopic (exact) mass is 321 g/mol. The third kappa shape index (κ3) is 4.81. The fraction of sp³-hybridized carbons (Fsp3) is 0.824. The van der Waals surface area contributed by atoms with Crippen molar-refractivity contribution < 1.29 is 9.76 Å². The van der Waals surface area contributed by atoms with Gasteiger partial charge in [0.2, 0.25) is 0 Å². The van der Waals surface area contributed by atoms with Crippen molar-refractivity contribution in [2.45, 2.75) is 70.6 Å². The second-order valence-corrected chi connectivity index (χ2v) is 8.15. The molecule has 130 valence electrons. The van der Waals surface area contributed by atoms with E-state index in [4.69, 9.17) is 15.8 Å². The van der Waals surface area contributed by atoms with E-state index in [1.165, 1.54) is 0 Å². The molecule has 0 atom stereocenters. The molecule has 0 aromatic rings. The molecule has 0 spiro atoms. The third-order valence-electron chi connectivity index (χ3n) is 5.46. The smallest absolute Gasteiger partial charge is 0.312 e. The Morgan fingerprint density at radius 2 is 1.96 bits per heavy atom. The Bertz CT molecular complexity index is 461. The Labute approximate surface area is 140 Å². The Kier molecular flexibility index (Phi) is 5.59. The van der Waals surface area contributed by atoms with E-state index >= 15 is 0 Å². The van der Waals surface area contributed by atoms with Crippen LogP contribution in [0.3, 0.4) is 0 Å². The standard InChI is InChI=1S/C17H32BN3O2/c1-16(2,22)17(3,4)23-18-14(15(20)12-5-6-12)10-21-13-7-11(8-13)9-19/h10-13,18,20-22H,5-9,19H2,1-4H3/b14-10+,20-15?. The van der Waals surface area contributed by atoms with Crippen LogP contribution in [0.2, 0.25) is 0 Å². The first-order valence-corrected chi connectivity index (χ1v) is 8.74. The maximum absolute atomic E-state index is 10.2. The molecule has 5 N–H and O–H groups in total. The predicted octanol–water partition coefficient (Wildman–Crippen LogP) is 1.50. The van der Waals surface area contributed by atoms with E-state index < -0.39 is 11.2 Å². The number of aliphatic hydroxyl groups is 1. The summed E-state index contributed by atoms with van der Waals surface area (Å²) < 4.78 is 5.96. The molecule has 2 aliphatic carbocycles. The largest absolute Gasteiger partial charge is 0.427 e. The Hall–Kier alpha value is -0.845. The van der Waals surface area contributed by atoms with Crippen LogP contribution in [0.5, 0.6) is 0 Å². The van der Waals surface area contributed by atoms with Crippen molar-refractivity contribution in [3.63, 3.8) is 0 Å². The number of hydrogen-bond acceptors (Lipinski definition) is 5. The normalized spacial score (nSPS) is 25.7. The van der Waals surface area contributed by atoms with Crippen molar-refractivity contribution in [2.75, 3.05) is 6.54 Å². The van der Waals surface area contributed by atoms with Gasteiger partial charge in [-0.15, -0.1) is 0 Å². The SMILES string of the molecule is CC(C)(O)C(C)(C)OB/C(=C/NC1CC(CN)C1)C(=N)C1CC1. The number of rotatable bonds is 9. The van der Waals surface area contributed by atoms with E-state index in [-0.39, 0.29) is 0 Å². The molecule has 2 fully saturated rings. The van der Waals surface area contributed by atoms with Crippen LogP contribution in [0.15, 0.2) is 11.7 Å². The minimum Gasteiger partial charge on any atom is -0.427 e. The lowest BCUT2D eigenvalue weighted by Crippen LogP contribution is -2.48. The molecule has 0 bridgehead atoms. The van der Waals surface area contributed by atoms with Gasteiger partial charge in [0, 0.05) is 17.7 Å². The molecule has 0 aromatic heterocycles. The van der Waals surface area contributed by atoms with Crippen LogP contribution >= 0.6 is 0 Å². The summed E-state index contributed by atoms with van der Waals surface area (Å²) in [6.07, 6.45) is 6.37. The Morgan fingerprint density at radius 3 is 2.43 bits per heavy atom. The summed E-state index contributed by atoms with van der Waals surface area (Å²) >= 11 is 0. The van der Waals surface area contributed by atoms with Crippen LogP contribution in [0.1, 0.15) is 53.4 Å². The zero-order valence-electron chi connectivity index (χ0n) is 15.0. The number of nitrogens with one attached hydrogen (secondary N) is 2. The lowest BCUT2D eigenvalue weighted by Gasteiger charge is -2.38. The van der Waals surface area contributed by atoms with Crippen molar-refractivity contribution in [2.24, 2.45) is 17.6 Å². The van der Waals surface area contributed by atoms with Gasteiger partial charge in [0.05, 0.1) is 11.2 Å². The second-order valence-electron chi connectivity index (χ2n) is 8.15. The van der Waals surface area contributed by atoms with Crippen LogP contribution in [0, 0.1) is 17.2 Å². The van der Waals surface area contributed by atoms with Gasteiger partial charge >= 0.3 is 7.48 Å². The van der Waals surface area contributed by atoms with Crippen molar-refractivity contribution in [1.82, 2.24) is 5.32 Å². The van der Waals surface area contributed by atoms with Gasteiger partial charge in [0.1, 0.15) is 0 Å². The predicted molar refractivity (Wildman–Crippen MR) is 95.8 cm³/mol. The van der Waals surface area contributed by atoms with Crippen molar-refractivity contribution in [3.8, 4) is 0 Å². The maximum atomic E-state index is 10.2. The summed E-state index contributed by atoms with van der Waals surface area (Å²) in [5.41, 5.74) is 5.64. The minimum atomic E-state index is -0.935.